The van der Waals surface area contributed by atoms with E-state index in [-0.39, 0.29) is 15.6 Å². The van der Waals surface area contributed by atoms with Crippen LogP contribution in [-0.2, 0) is 16.6 Å². The molecule has 0 saturated carbocycles. The van der Waals surface area contributed by atoms with Gasteiger partial charge in [-0.25, -0.2) is 12.8 Å². The molecule has 0 aliphatic rings. The van der Waals surface area contributed by atoms with Crippen molar-refractivity contribution in [3.8, 4) is 0 Å². The van der Waals surface area contributed by atoms with Gasteiger partial charge in [0, 0.05) is 12.7 Å². The second-order valence-corrected chi connectivity index (χ2v) is 6.37. The van der Waals surface area contributed by atoms with Crippen LogP contribution in [0.15, 0.2) is 35.5 Å². The molecule has 6 nitrogen and oxygen atoms in total. The SMILES string of the molecule is CNCCn1cc(S(=O)(=O)Nc2ccc(Cl)c(F)c2)cn1. The molecule has 0 bridgehead atoms. The van der Waals surface area contributed by atoms with Gasteiger partial charge in [-0.05, 0) is 25.2 Å². The lowest BCUT2D eigenvalue weighted by atomic mass is 10.3. The Hall–Kier alpha value is -1.64. The van der Waals surface area contributed by atoms with E-state index in [1.165, 1.54) is 29.2 Å². The Morgan fingerprint density at radius 2 is 2.19 bits per heavy atom. The molecule has 0 aliphatic heterocycles. The molecular weight excluding hydrogens is 319 g/mol. The minimum absolute atomic E-state index is 0.00830. The quantitative estimate of drug-likeness (QED) is 0.844. The number of hydrogen-bond donors (Lipinski definition) is 2. The zero-order chi connectivity index (χ0) is 15.5. The molecule has 1 aromatic carbocycles. The maximum Gasteiger partial charge on any atom is 0.265 e. The van der Waals surface area contributed by atoms with Crippen LogP contribution in [0.5, 0.6) is 0 Å². The standard InChI is InChI=1S/C12H14ClFN4O2S/c1-15-4-5-18-8-10(7-16-18)21(19,20)17-9-2-3-11(13)12(14)6-9/h2-3,6-8,15,17H,4-5H2,1H3. The Bertz CT molecular complexity index is 733. The third-order valence-electron chi connectivity index (χ3n) is 2.68. The molecule has 1 aromatic heterocycles. The van der Waals surface area contributed by atoms with E-state index in [4.69, 9.17) is 11.6 Å². The van der Waals surface area contributed by atoms with E-state index in [2.05, 4.69) is 15.1 Å². The molecule has 0 atom stereocenters. The van der Waals surface area contributed by atoms with E-state index in [0.717, 1.165) is 6.07 Å². The second kappa shape index (κ2) is 6.42. The molecule has 0 saturated heterocycles. The average molecular weight is 333 g/mol. The molecule has 0 aliphatic carbocycles. The van der Waals surface area contributed by atoms with Crippen LogP contribution >= 0.6 is 11.6 Å². The van der Waals surface area contributed by atoms with Gasteiger partial charge in [-0.15, -0.1) is 0 Å². The fourth-order valence-corrected chi connectivity index (χ4v) is 2.72. The Morgan fingerprint density at radius 1 is 1.43 bits per heavy atom. The van der Waals surface area contributed by atoms with Gasteiger partial charge in [-0.1, -0.05) is 11.6 Å². The summed E-state index contributed by atoms with van der Waals surface area (Å²) in [4.78, 5) is 0.00830. The molecular formula is C12H14ClFN4O2S. The molecule has 9 heteroatoms. The highest BCUT2D eigenvalue weighted by Gasteiger charge is 2.17. The van der Waals surface area contributed by atoms with Crippen molar-refractivity contribution in [2.24, 2.45) is 0 Å². The summed E-state index contributed by atoms with van der Waals surface area (Å²) in [7, 11) is -2.02. The monoisotopic (exact) mass is 332 g/mol. The van der Waals surface area contributed by atoms with E-state index in [9.17, 15) is 12.8 Å². The molecule has 2 N–H and O–H groups in total. The number of rotatable bonds is 6. The second-order valence-electron chi connectivity index (χ2n) is 4.28. The molecule has 1 heterocycles. The summed E-state index contributed by atoms with van der Waals surface area (Å²) in [5, 5.41) is 6.82. The van der Waals surface area contributed by atoms with Gasteiger partial charge in [0.05, 0.1) is 23.5 Å². The van der Waals surface area contributed by atoms with Crippen molar-refractivity contribution in [3.05, 3.63) is 41.4 Å². The Kier molecular flexibility index (Phi) is 4.81. The number of sulfonamides is 1. The minimum Gasteiger partial charge on any atom is -0.318 e. The van der Waals surface area contributed by atoms with Crippen molar-refractivity contribution in [2.75, 3.05) is 18.3 Å². The van der Waals surface area contributed by atoms with Crippen molar-refractivity contribution in [2.45, 2.75) is 11.4 Å². The van der Waals surface area contributed by atoms with Gasteiger partial charge in [0.2, 0.25) is 0 Å². The van der Waals surface area contributed by atoms with Crippen LogP contribution in [0.2, 0.25) is 5.02 Å². The average Bonchev–Trinajstić information content (AvgIpc) is 2.90. The van der Waals surface area contributed by atoms with Crippen molar-refractivity contribution in [1.82, 2.24) is 15.1 Å². The highest BCUT2D eigenvalue weighted by molar-refractivity contribution is 7.92. The summed E-state index contributed by atoms with van der Waals surface area (Å²) < 4.78 is 41.4. The van der Waals surface area contributed by atoms with Crippen molar-refractivity contribution in [1.29, 1.82) is 0 Å². The van der Waals surface area contributed by atoms with E-state index in [1.807, 2.05) is 0 Å². The van der Waals surface area contributed by atoms with Gasteiger partial charge in [0.15, 0.2) is 0 Å². The van der Waals surface area contributed by atoms with Gasteiger partial charge in [0.1, 0.15) is 10.7 Å². The van der Waals surface area contributed by atoms with E-state index in [1.54, 1.807) is 7.05 Å². The van der Waals surface area contributed by atoms with E-state index in [0.29, 0.717) is 13.1 Å². The first-order valence-corrected chi connectivity index (χ1v) is 7.93. The molecule has 2 rings (SSSR count). The number of nitrogens with one attached hydrogen (secondary N) is 2. The maximum atomic E-state index is 13.3. The molecule has 0 radical (unpaired) electrons. The number of likely N-dealkylation sites (N-methyl/N-ethyl adjacent to an activating group) is 1. The van der Waals surface area contributed by atoms with Gasteiger partial charge >= 0.3 is 0 Å². The first-order valence-electron chi connectivity index (χ1n) is 6.07. The largest absolute Gasteiger partial charge is 0.318 e. The van der Waals surface area contributed by atoms with Crippen LogP contribution in [0.3, 0.4) is 0 Å². The molecule has 21 heavy (non-hydrogen) atoms. The molecule has 0 fully saturated rings. The summed E-state index contributed by atoms with van der Waals surface area (Å²) in [5.41, 5.74) is 0.0971. The Morgan fingerprint density at radius 3 is 2.86 bits per heavy atom. The number of anilines is 1. The third kappa shape index (κ3) is 3.93. The lowest BCUT2D eigenvalue weighted by Gasteiger charge is -2.06. The van der Waals surface area contributed by atoms with Crippen LogP contribution in [0.4, 0.5) is 10.1 Å². The summed E-state index contributed by atoms with van der Waals surface area (Å²) in [6.45, 7) is 1.21. The summed E-state index contributed by atoms with van der Waals surface area (Å²) in [6, 6.07) is 3.69. The zero-order valence-electron chi connectivity index (χ0n) is 11.2. The molecule has 114 valence electrons. The predicted molar refractivity (Wildman–Crippen MR) is 78.4 cm³/mol. The normalized spacial score (nSPS) is 11.6. The molecule has 2 aromatic rings. The van der Waals surface area contributed by atoms with Crippen molar-refractivity contribution in [3.63, 3.8) is 0 Å². The lowest BCUT2D eigenvalue weighted by Crippen LogP contribution is -2.15. The van der Waals surface area contributed by atoms with E-state index >= 15 is 0 Å². The number of aromatic nitrogens is 2. The van der Waals surface area contributed by atoms with Gasteiger partial charge in [0.25, 0.3) is 10.0 Å². The molecule has 0 amide bonds. The van der Waals surface area contributed by atoms with Crippen LogP contribution < -0.4 is 10.0 Å². The lowest BCUT2D eigenvalue weighted by molar-refractivity contribution is 0.582. The molecule has 0 unspecified atom stereocenters. The summed E-state index contributed by atoms with van der Waals surface area (Å²) in [6.07, 6.45) is 2.65. The van der Waals surface area contributed by atoms with E-state index < -0.39 is 15.8 Å². The number of nitrogens with zero attached hydrogens (tertiary/aromatic N) is 2. The van der Waals surface area contributed by atoms with Crippen LogP contribution in [0.1, 0.15) is 0 Å². The first kappa shape index (κ1) is 15.7. The summed E-state index contributed by atoms with van der Waals surface area (Å²) >= 11 is 5.55. The maximum absolute atomic E-state index is 13.3. The Balaban J connectivity index is 2.17. The van der Waals surface area contributed by atoms with Crippen molar-refractivity contribution < 1.29 is 12.8 Å². The van der Waals surface area contributed by atoms with Gasteiger partial charge in [-0.3, -0.25) is 9.40 Å². The van der Waals surface area contributed by atoms with Crippen LogP contribution in [0, 0.1) is 5.82 Å². The van der Waals surface area contributed by atoms with Crippen molar-refractivity contribution >= 4 is 27.3 Å². The van der Waals surface area contributed by atoms with Crippen LogP contribution in [0.25, 0.3) is 0 Å². The van der Waals surface area contributed by atoms with Gasteiger partial charge < -0.3 is 5.32 Å². The number of hydrogen-bond acceptors (Lipinski definition) is 4. The number of halogens is 2. The topological polar surface area (TPSA) is 76.0 Å². The third-order valence-corrected chi connectivity index (χ3v) is 4.32. The smallest absolute Gasteiger partial charge is 0.265 e. The highest BCUT2D eigenvalue weighted by atomic mass is 35.5. The fourth-order valence-electron chi connectivity index (χ4n) is 1.61. The summed E-state index contributed by atoms with van der Waals surface area (Å²) in [5.74, 6) is -0.693. The minimum atomic E-state index is -3.81. The van der Waals surface area contributed by atoms with Crippen LogP contribution in [-0.4, -0.2) is 31.8 Å². The molecule has 0 spiro atoms. The fraction of sp³-hybridized carbons (Fsp3) is 0.250. The predicted octanol–water partition coefficient (Wildman–Crippen LogP) is 1.70. The highest BCUT2D eigenvalue weighted by Crippen LogP contribution is 2.21. The Labute approximate surface area is 127 Å². The number of benzene rings is 1. The zero-order valence-corrected chi connectivity index (χ0v) is 12.7. The first-order chi connectivity index (χ1) is 9.92. The van der Waals surface area contributed by atoms with Gasteiger partial charge in [-0.2, -0.15) is 5.10 Å².